The third kappa shape index (κ3) is 4.90. The molecule has 26 heavy (non-hydrogen) atoms. The molecule has 1 aliphatic rings. The van der Waals surface area contributed by atoms with Crippen LogP contribution in [-0.4, -0.2) is 21.0 Å². The number of hydrogen-bond donors (Lipinski definition) is 2. The summed E-state index contributed by atoms with van der Waals surface area (Å²) in [5.74, 6) is 1.22. The van der Waals surface area contributed by atoms with Gasteiger partial charge in [-0.05, 0) is 43.6 Å². The monoisotopic (exact) mass is 357 g/mol. The third-order valence-corrected chi connectivity index (χ3v) is 5.11. The molecule has 2 atom stereocenters. The number of benzene rings is 1. The van der Waals surface area contributed by atoms with E-state index < -0.39 is 6.17 Å². The summed E-state index contributed by atoms with van der Waals surface area (Å²) in [5, 5.41) is 3.42. The number of rotatable bonds is 9. The number of aryl methyl sites for hydroxylation is 1. The lowest BCUT2D eigenvalue weighted by Gasteiger charge is -2.34. The zero-order chi connectivity index (χ0) is 18.4. The van der Waals surface area contributed by atoms with Crippen LogP contribution in [0.15, 0.2) is 30.3 Å². The van der Waals surface area contributed by atoms with Crippen LogP contribution in [0.25, 0.3) is 0 Å². The van der Waals surface area contributed by atoms with Crippen molar-refractivity contribution in [3.63, 3.8) is 0 Å². The predicted molar refractivity (Wildman–Crippen MR) is 103 cm³/mol. The fourth-order valence-corrected chi connectivity index (χ4v) is 3.40. The molecule has 1 aromatic carbocycles. The fraction of sp³-hybridized carbons (Fsp3) is 0.550. The van der Waals surface area contributed by atoms with Crippen molar-refractivity contribution in [1.29, 1.82) is 0 Å². The van der Waals surface area contributed by atoms with Gasteiger partial charge in [0.15, 0.2) is 12.0 Å². The van der Waals surface area contributed by atoms with Crippen LogP contribution >= 0.6 is 0 Å². The van der Waals surface area contributed by atoms with Crippen molar-refractivity contribution >= 4 is 11.9 Å². The largest absolute Gasteiger partial charge is 0.368 e. The molecule has 6 heteroatoms. The summed E-state index contributed by atoms with van der Waals surface area (Å²) in [5.41, 5.74) is 7.11. The van der Waals surface area contributed by atoms with Gasteiger partial charge in [-0.3, -0.25) is 0 Å². The average Bonchev–Trinajstić information content (AvgIpc) is 2.59. The summed E-state index contributed by atoms with van der Waals surface area (Å²) in [6.07, 6.45) is 5.59. The summed E-state index contributed by atoms with van der Waals surface area (Å²) in [7, 11) is 0. The molecule has 0 unspecified atom stereocenters. The van der Waals surface area contributed by atoms with Crippen LogP contribution in [-0.2, 0) is 6.42 Å². The van der Waals surface area contributed by atoms with E-state index in [9.17, 15) is 4.39 Å². The Balaban J connectivity index is 1.70. The van der Waals surface area contributed by atoms with Crippen molar-refractivity contribution in [3.05, 3.63) is 41.7 Å². The highest BCUT2D eigenvalue weighted by Crippen LogP contribution is 2.33. The van der Waals surface area contributed by atoms with Gasteiger partial charge in [-0.1, -0.05) is 50.1 Å². The summed E-state index contributed by atoms with van der Waals surface area (Å²) in [6.45, 7) is 1.94. The summed E-state index contributed by atoms with van der Waals surface area (Å²) in [6, 6.07) is 10.7. The van der Waals surface area contributed by atoms with Gasteiger partial charge in [0.1, 0.15) is 0 Å². The first kappa shape index (κ1) is 18.5. The predicted octanol–water partition coefficient (Wildman–Crippen LogP) is 4.48. The quantitative estimate of drug-likeness (QED) is 0.692. The number of nitrogens with two attached hydrogens (primary N) is 1. The van der Waals surface area contributed by atoms with Crippen LogP contribution in [0.4, 0.5) is 16.3 Å². The van der Waals surface area contributed by atoms with Crippen LogP contribution in [0.3, 0.4) is 0 Å². The van der Waals surface area contributed by atoms with Crippen LogP contribution < -0.4 is 11.1 Å². The van der Waals surface area contributed by atoms with Gasteiger partial charge in [0.2, 0.25) is 11.9 Å². The molecule has 0 saturated heterocycles. The second kappa shape index (κ2) is 8.92. The van der Waals surface area contributed by atoms with Crippen LogP contribution in [0, 0.1) is 5.92 Å². The molecule has 0 radical (unpaired) electrons. The van der Waals surface area contributed by atoms with Gasteiger partial charge < -0.3 is 11.1 Å². The van der Waals surface area contributed by atoms with Crippen molar-refractivity contribution in [1.82, 2.24) is 15.0 Å². The van der Waals surface area contributed by atoms with Crippen molar-refractivity contribution in [3.8, 4) is 0 Å². The van der Waals surface area contributed by atoms with Gasteiger partial charge in [-0.2, -0.15) is 15.0 Å². The number of nitrogens with one attached hydrogen (secondary N) is 1. The molecular formula is C20H28FN5. The van der Waals surface area contributed by atoms with Crippen LogP contribution in [0.5, 0.6) is 0 Å². The van der Waals surface area contributed by atoms with Crippen LogP contribution in [0.1, 0.15) is 63.0 Å². The Morgan fingerprint density at radius 1 is 1.15 bits per heavy atom. The maximum absolute atomic E-state index is 14.2. The van der Waals surface area contributed by atoms with E-state index in [4.69, 9.17) is 5.73 Å². The van der Waals surface area contributed by atoms with Crippen molar-refractivity contribution in [2.24, 2.45) is 5.92 Å². The number of anilines is 2. The highest BCUT2D eigenvalue weighted by atomic mass is 19.1. The highest BCUT2D eigenvalue weighted by Gasteiger charge is 2.28. The minimum Gasteiger partial charge on any atom is -0.368 e. The van der Waals surface area contributed by atoms with E-state index in [1.165, 1.54) is 24.8 Å². The Morgan fingerprint density at radius 3 is 2.58 bits per heavy atom. The Hall–Kier alpha value is -2.24. The van der Waals surface area contributed by atoms with Gasteiger partial charge >= 0.3 is 0 Å². The smallest absolute Gasteiger partial charge is 0.228 e. The summed E-state index contributed by atoms with van der Waals surface area (Å²) < 4.78 is 14.2. The lowest BCUT2D eigenvalue weighted by Crippen LogP contribution is -2.35. The topological polar surface area (TPSA) is 76.7 Å². The minimum atomic E-state index is -1.20. The molecular weight excluding hydrogens is 329 g/mol. The average molecular weight is 357 g/mol. The number of nitrogens with zero attached hydrogens (tertiary/aromatic N) is 3. The molecule has 140 valence electrons. The number of nitrogen functional groups attached to an aromatic ring is 1. The Bertz CT molecular complexity index is 690. The molecule has 1 saturated carbocycles. The van der Waals surface area contributed by atoms with Gasteiger partial charge in [0, 0.05) is 6.04 Å². The van der Waals surface area contributed by atoms with Gasteiger partial charge in [-0.15, -0.1) is 0 Å². The number of halogens is 1. The normalized spacial score (nSPS) is 16.7. The highest BCUT2D eigenvalue weighted by molar-refractivity contribution is 5.33. The Kier molecular flexibility index (Phi) is 6.36. The molecule has 0 bridgehead atoms. The zero-order valence-electron chi connectivity index (χ0n) is 15.4. The number of hydrogen-bond acceptors (Lipinski definition) is 5. The third-order valence-electron chi connectivity index (χ3n) is 5.11. The number of aromatic nitrogens is 3. The molecule has 1 heterocycles. The lowest BCUT2D eigenvalue weighted by atomic mass is 9.78. The van der Waals surface area contributed by atoms with E-state index in [1.54, 1.807) is 0 Å². The standard InChI is InChI=1S/C20H28FN5/c1-2-7-16(21)18-24-19(22)26-20(25-18)23-17(15-10-6-11-15)13-12-14-8-4-3-5-9-14/h3-5,8-9,15-17H,2,6-7,10-13H2,1H3,(H3,22,23,24,25,26)/t16-,17+/m1/s1. The van der Waals surface area contributed by atoms with Crippen molar-refractivity contribution in [2.75, 3.05) is 11.1 Å². The molecule has 0 amide bonds. The minimum absolute atomic E-state index is 0.0756. The molecule has 3 rings (SSSR count). The van der Waals surface area contributed by atoms with Gasteiger partial charge in [0.25, 0.3) is 0 Å². The van der Waals surface area contributed by atoms with E-state index in [1.807, 2.05) is 13.0 Å². The molecule has 3 N–H and O–H groups in total. The molecule has 1 fully saturated rings. The van der Waals surface area contributed by atoms with Crippen LogP contribution in [0.2, 0.25) is 0 Å². The van der Waals surface area contributed by atoms with E-state index >= 15 is 0 Å². The van der Waals surface area contributed by atoms with Crippen molar-refractivity contribution < 1.29 is 4.39 Å². The van der Waals surface area contributed by atoms with E-state index in [2.05, 4.69) is 44.5 Å². The van der Waals surface area contributed by atoms with Gasteiger partial charge in [0.05, 0.1) is 0 Å². The van der Waals surface area contributed by atoms with E-state index in [-0.39, 0.29) is 17.8 Å². The molecule has 2 aromatic rings. The van der Waals surface area contributed by atoms with E-state index in [0.717, 1.165) is 19.3 Å². The maximum atomic E-state index is 14.2. The summed E-state index contributed by atoms with van der Waals surface area (Å²) in [4.78, 5) is 12.5. The second-order valence-electron chi connectivity index (χ2n) is 7.10. The molecule has 1 aliphatic carbocycles. The molecule has 0 aliphatic heterocycles. The van der Waals surface area contributed by atoms with Crippen molar-refractivity contribution in [2.45, 2.75) is 64.1 Å². The number of alkyl halides is 1. The Morgan fingerprint density at radius 2 is 1.92 bits per heavy atom. The first-order valence-corrected chi connectivity index (χ1v) is 9.61. The molecule has 5 nitrogen and oxygen atoms in total. The zero-order valence-corrected chi connectivity index (χ0v) is 15.4. The first-order chi connectivity index (χ1) is 12.7. The second-order valence-corrected chi connectivity index (χ2v) is 7.10. The summed E-state index contributed by atoms with van der Waals surface area (Å²) >= 11 is 0. The van der Waals surface area contributed by atoms with E-state index in [0.29, 0.717) is 18.3 Å². The van der Waals surface area contributed by atoms with Gasteiger partial charge in [-0.25, -0.2) is 4.39 Å². The maximum Gasteiger partial charge on any atom is 0.228 e. The SMILES string of the molecule is CCC[C@@H](F)c1nc(N)nc(N[C@@H](CCc2ccccc2)C2CCC2)n1. The molecule has 0 spiro atoms. The lowest BCUT2D eigenvalue weighted by molar-refractivity contribution is 0.265. The Labute approximate surface area is 154 Å². The fourth-order valence-electron chi connectivity index (χ4n) is 3.40. The first-order valence-electron chi connectivity index (χ1n) is 9.61. The molecule has 1 aromatic heterocycles.